The van der Waals surface area contributed by atoms with Crippen molar-refractivity contribution in [3.8, 4) is 11.8 Å². The molecule has 0 bridgehead atoms. The van der Waals surface area contributed by atoms with Crippen molar-refractivity contribution in [1.29, 1.82) is 0 Å². The molecule has 0 radical (unpaired) electrons. The maximum absolute atomic E-state index is 3.03. The Labute approximate surface area is 109 Å². The average Bonchev–Trinajstić information content (AvgIpc) is 2.41. The zero-order valence-electron chi connectivity index (χ0n) is 13.2. The minimum absolute atomic E-state index is 1.11. The lowest BCUT2D eigenvalue weighted by molar-refractivity contribution is 1.33. The van der Waals surface area contributed by atoms with Crippen LogP contribution in [0.15, 0.2) is 18.2 Å². The second kappa shape index (κ2) is 17.2. The van der Waals surface area contributed by atoms with Crippen molar-refractivity contribution in [2.24, 2.45) is 0 Å². The Kier molecular flexibility index (Phi) is 21.3. The Morgan fingerprint density at radius 1 is 0.765 bits per heavy atom. The van der Waals surface area contributed by atoms with E-state index in [-0.39, 0.29) is 0 Å². The van der Waals surface area contributed by atoms with E-state index in [1.165, 1.54) is 11.1 Å². The highest BCUT2D eigenvalue weighted by Crippen LogP contribution is 2.08. The first-order valence-electron chi connectivity index (χ1n) is 6.74. The summed E-state index contributed by atoms with van der Waals surface area (Å²) >= 11 is 0. The molecule has 0 spiro atoms. The average molecular weight is 234 g/mol. The van der Waals surface area contributed by atoms with E-state index in [0.29, 0.717) is 0 Å². The van der Waals surface area contributed by atoms with Crippen molar-refractivity contribution in [1.82, 2.24) is 0 Å². The zero-order valence-corrected chi connectivity index (χ0v) is 13.2. The largest absolute Gasteiger partial charge is 0.101 e. The van der Waals surface area contributed by atoms with E-state index in [4.69, 9.17) is 0 Å². The van der Waals surface area contributed by atoms with Gasteiger partial charge in [-0.25, -0.2) is 0 Å². The lowest BCUT2D eigenvalue weighted by atomic mass is 10.1. The van der Waals surface area contributed by atoms with Crippen LogP contribution >= 0.6 is 0 Å². The molecule has 0 heteroatoms. The van der Waals surface area contributed by atoms with Crippen LogP contribution in [0.25, 0.3) is 0 Å². The van der Waals surface area contributed by atoms with Crippen molar-refractivity contribution in [2.75, 3.05) is 0 Å². The highest BCUT2D eigenvalue weighted by atomic mass is 14.0. The summed E-state index contributed by atoms with van der Waals surface area (Å²) in [6.45, 7) is 18.1. The third kappa shape index (κ3) is 11.1. The number of rotatable bonds is 0. The van der Waals surface area contributed by atoms with E-state index in [0.717, 1.165) is 5.56 Å². The third-order valence-corrected chi connectivity index (χ3v) is 1.78. The maximum atomic E-state index is 3.03. The molecule has 0 aliphatic heterocycles. The normalized spacial score (nSPS) is 6.65. The predicted octanol–water partition coefficient (Wildman–Crippen LogP) is 5.75. The van der Waals surface area contributed by atoms with E-state index < -0.39 is 0 Å². The van der Waals surface area contributed by atoms with Crippen LogP contribution in [0.3, 0.4) is 0 Å². The Hall–Kier alpha value is -1.22. The fraction of sp³-hybridized carbons (Fsp3) is 0.529. The van der Waals surface area contributed by atoms with Gasteiger partial charge < -0.3 is 0 Å². The molecule has 0 heterocycles. The molecule has 0 unspecified atom stereocenters. The first-order chi connectivity index (χ1) is 8.24. The van der Waals surface area contributed by atoms with Crippen molar-refractivity contribution >= 4 is 0 Å². The Morgan fingerprint density at radius 2 is 1.24 bits per heavy atom. The quantitative estimate of drug-likeness (QED) is 0.501. The number of aryl methyl sites for hydroxylation is 2. The molecule has 0 aliphatic carbocycles. The van der Waals surface area contributed by atoms with E-state index in [2.05, 4.69) is 43.9 Å². The molecule has 0 saturated heterocycles. The molecule has 1 aromatic rings. The third-order valence-electron chi connectivity index (χ3n) is 1.78. The monoisotopic (exact) mass is 234 g/mol. The molecule has 0 amide bonds. The fourth-order valence-corrected chi connectivity index (χ4v) is 0.964. The lowest BCUT2D eigenvalue weighted by Gasteiger charge is -1.98. The molecule has 1 rings (SSSR count). The molecular formula is C17H30. The predicted molar refractivity (Wildman–Crippen MR) is 82.5 cm³/mol. The molecular weight excluding hydrogens is 204 g/mol. The highest BCUT2D eigenvalue weighted by molar-refractivity contribution is 5.39. The molecule has 0 fully saturated rings. The topological polar surface area (TPSA) is 0 Å². The van der Waals surface area contributed by atoms with Crippen LogP contribution in [-0.2, 0) is 0 Å². The Bertz CT molecular complexity index is 311. The standard InChI is InChI=1S/C11H12.3C2H6/c1-4-5-11-7-6-9(2)10(3)8-11;3*1-2/h6-8H,1-3H3;3*1-2H3. The second-order valence-electron chi connectivity index (χ2n) is 2.67. The van der Waals surface area contributed by atoms with Crippen LogP contribution in [0.5, 0.6) is 0 Å². The molecule has 0 aliphatic rings. The zero-order chi connectivity index (χ0) is 14.3. The van der Waals surface area contributed by atoms with Gasteiger partial charge in [-0.15, -0.1) is 5.92 Å². The Morgan fingerprint density at radius 3 is 1.59 bits per heavy atom. The van der Waals surface area contributed by atoms with Crippen LogP contribution in [0.2, 0.25) is 0 Å². The van der Waals surface area contributed by atoms with Gasteiger partial charge in [-0.3, -0.25) is 0 Å². The fourth-order valence-electron chi connectivity index (χ4n) is 0.964. The van der Waals surface area contributed by atoms with Gasteiger partial charge in [0.2, 0.25) is 0 Å². The van der Waals surface area contributed by atoms with E-state index in [1.54, 1.807) is 0 Å². The van der Waals surface area contributed by atoms with Gasteiger partial charge in [-0.2, -0.15) is 0 Å². The first-order valence-corrected chi connectivity index (χ1v) is 6.74. The minimum atomic E-state index is 1.11. The van der Waals surface area contributed by atoms with Crippen LogP contribution in [0.4, 0.5) is 0 Å². The van der Waals surface area contributed by atoms with E-state index >= 15 is 0 Å². The van der Waals surface area contributed by atoms with Crippen LogP contribution in [0, 0.1) is 25.7 Å². The Balaban J connectivity index is -0.000000285. The van der Waals surface area contributed by atoms with Gasteiger partial charge in [-0.1, -0.05) is 53.5 Å². The van der Waals surface area contributed by atoms with Crippen molar-refractivity contribution in [3.63, 3.8) is 0 Å². The second-order valence-corrected chi connectivity index (χ2v) is 2.67. The molecule has 98 valence electrons. The smallest absolute Gasteiger partial charge is 0.0247 e. The molecule has 0 N–H and O–H groups in total. The molecule has 0 aromatic heterocycles. The summed E-state index contributed by atoms with van der Waals surface area (Å²) < 4.78 is 0. The summed E-state index contributed by atoms with van der Waals surface area (Å²) in [4.78, 5) is 0. The van der Waals surface area contributed by atoms with Crippen LogP contribution in [-0.4, -0.2) is 0 Å². The summed E-state index contributed by atoms with van der Waals surface area (Å²) in [5, 5.41) is 0. The number of hydrogen-bond acceptors (Lipinski definition) is 0. The number of benzene rings is 1. The van der Waals surface area contributed by atoms with Crippen molar-refractivity contribution < 1.29 is 0 Å². The van der Waals surface area contributed by atoms with E-state index in [1.807, 2.05) is 48.5 Å². The van der Waals surface area contributed by atoms with Crippen molar-refractivity contribution in [3.05, 3.63) is 34.9 Å². The molecule has 0 nitrogen and oxygen atoms in total. The van der Waals surface area contributed by atoms with Gasteiger partial charge in [0, 0.05) is 5.56 Å². The summed E-state index contributed by atoms with van der Waals surface area (Å²) in [6, 6.07) is 6.28. The van der Waals surface area contributed by atoms with Gasteiger partial charge in [-0.05, 0) is 44.0 Å². The van der Waals surface area contributed by atoms with Gasteiger partial charge in [0.25, 0.3) is 0 Å². The minimum Gasteiger partial charge on any atom is -0.101 e. The van der Waals surface area contributed by atoms with Gasteiger partial charge in [0.15, 0.2) is 0 Å². The molecule has 17 heavy (non-hydrogen) atoms. The van der Waals surface area contributed by atoms with Crippen LogP contribution < -0.4 is 0 Å². The highest BCUT2D eigenvalue weighted by Gasteiger charge is 1.91. The van der Waals surface area contributed by atoms with Crippen LogP contribution in [0.1, 0.15) is 65.2 Å². The summed E-state index contributed by atoms with van der Waals surface area (Å²) in [7, 11) is 0. The van der Waals surface area contributed by atoms with Crippen molar-refractivity contribution in [2.45, 2.75) is 62.3 Å². The maximum Gasteiger partial charge on any atom is 0.0247 e. The van der Waals surface area contributed by atoms with Gasteiger partial charge in [0.05, 0.1) is 0 Å². The molecule has 0 atom stereocenters. The van der Waals surface area contributed by atoms with Gasteiger partial charge >= 0.3 is 0 Å². The molecule has 1 aromatic carbocycles. The first kappa shape index (κ1) is 21.1. The summed E-state index contributed by atoms with van der Waals surface area (Å²) in [5.74, 6) is 5.91. The number of hydrogen-bond donors (Lipinski definition) is 0. The van der Waals surface area contributed by atoms with Gasteiger partial charge in [0.1, 0.15) is 0 Å². The lowest BCUT2D eigenvalue weighted by Crippen LogP contribution is -1.81. The summed E-state index contributed by atoms with van der Waals surface area (Å²) in [5.41, 5.74) is 3.74. The molecule has 0 saturated carbocycles. The SMILES string of the molecule is CC.CC.CC.CC#Cc1ccc(C)c(C)c1. The van der Waals surface area contributed by atoms with E-state index in [9.17, 15) is 0 Å². The summed E-state index contributed by atoms with van der Waals surface area (Å²) in [6.07, 6.45) is 0.